The van der Waals surface area contributed by atoms with Gasteiger partial charge in [0.15, 0.2) is 0 Å². The van der Waals surface area contributed by atoms with Crippen molar-refractivity contribution in [3.8, 4) is 0 Å². The summed E-state index contributed by atoms with van der Waals surface area (Å²) in [4.78, 5) is 7.71. The van der Waals surface area contributed by atoms with Gasteiger partial charge >= 0.3 is 6.18 Å². The lowest BCUT2D eigenvalue weighted by atomic mass is 10.2. The van der Waals surface area contributed by atoms with Crippen molar-refractivity contribution < 1.29 is 26.0 Å². The lowest BCUT2D eigenvalue weighted by Crippen LogP contribution is -2.27. The van der Waals surface area contributed by atoms with Crippen molar-refractivity contribution in [3.63, 3.8) is 0 Å². The summed E-state index contributed by atoms with van der Waals surface area (Å²) in [6.07, 6.45) is -0.403. The van der Waals surface area contributed by atoms with Crippen molar-refractivity contribution in [2.75, 3.05) is 4.31 Å². The molecule has 4 rings (SSSR count). The monoisotopic (exact) mass is 453 g/mol. The fraction of sp³-hybridized carbons (Fsp3) is 0.0526. The fourth-order valence-corrected chi connectivity index (χ4v) is 5.20. The Morgan fingerprint density at radius 3 is 2.43 bits per heavy atom. The Labute approximate surface area is 172 Å². The van der Waals surface area contributed by atoms with Gasteiger partial charge in [0.2, 0.25) is 5.13 Å². The zero-order chi connectivity index (χ0) is 21.5. The van der Waals surface area contributed by atoms with E-state index in [1.807, 2.05) is 0 Å². The minimum absolute atomic E-state index is 0.108. The van der Waals surface area contributed by atoms with E-state index in [2.05, 4.69) is 9.97 Å². The third kappa shape index (κ3) is 3.61. The molecular formula is C19H11F4N3O2S2. The smallest absolute Gasteiger partial charge is 0.264 e. The minimum Gasteiger partial charge on any atom is -0.264 e. The zero-order valence-electron chi connectivity index (χ0n) is 14.8. The Balaban J connectivity index is 1.89. The predicted molar refractivity (Wildman–Crippen MR) is 105 cm³/mol. The minimum atomic E-state index is -4.77. The Kier molecular flexibility index (Phi) is 4.94. The molecule has 0 fully saturated rings. The van der Waals surface area contributed by atoms with Crippen LogP contribution in [-0.4, -0.2) is 18.4 Å². The Bertz CT molecular complexity index is 1320. The van der Waals surface area contributed by atoms with Crippen LogP contribution in [0.4, 0.5) is 28.4 Å². The topological polar surface area (TPSA) is 63.2 Å². The normalized spacial score (nSPS) is 12.3. The second kappa shape index (κ2) is 7.33. The lowest BCUT2D eigenvalue weighted by Gasteiger charge is -2.23. The van der Waals surface area contributed by atoms with Crippen LogP contribution in [0.3, 0.4) is 0 Å². The summed E-state index contributed by atoms with van der Waals surface area (Å²) >= 11 is 0.906. The fourth-order valence-electron chi connectivity index (χ4n) is 2.83. The van der Waals surface area contributed by atoms with E-state index < -0.39 is 33.3 Å². The molecule has 0 aliphatic heterocycles. The predicted octanol–water partition coefficient (Wildman–Crippen LogP) is 5.38. The molecule has 4 aromatic rings. The van der Waals surface area contributed by atoms with Gasteiger partial charge in [-0.1, -0.05) is 6.07 Å². The van der Waals surface area contributed by atoms with Gasteiger partial charge in [0.1, 0.15) is 5.82 Å². The molecule has 2 aromatic heterocycles. The van der Waals surface area contributed by atoms with Crippen molar-refractivity contribution in [3.05, 3.63) is 77.8 Å². The molecule has 0 atom stereocenters. The van der Waals surface area contributed by atoms with Gasteiger partial charge in [0.25, 0.3) is 10.0 Å². The van der Waals surface area contributed by atoms with Crippen LogP contribution in [-0.2, 0) is 16.2 Å². The summed E-state index contributed by atoms with van der Waals surface area (Å²) in [6.45, 7) is 0. The van der Waals surface area contributed by atoms with Gasteiger partial charge in [-0.2, -0.15) is 13.2 Å². The number of hydrogen-bond donors (Lipinski definition) is 0. The summed E-state index contributed by atoms with van der Waals surface area (Å²) in [6, 6.07) is 7.52. The van der Waals surface area contributed by atoms with Crippen LogP contribution in [0.5, 0.6) is 0 Å². The molecule has 0 unspecified atom stereocenters. The molecule has 0 aliphatic carbocycles. The Morgan fingerprint density at radius 1 is 0.967 bits per heavy atom. The molecule has 0 saturated carbocycles. The van der Waals surface area contributed by atoms with Crippen molar-refractivity contribution in [2.24, 2.45) is 0 Å². The van der Waals surface area contributed by atoms with E-state index in [0.29, 0.717) is 21.1 Å². The number of benzene rings is 2. The standard InChI is InChI=1S/C19H11F4N3O2S2/c20-16-10-14(19(21,22)23)2-4-17(16)26(18-25-7-8-29-18)30(27,28)15-3-1-13-11-24-6-5-12(13)9-15/h1-11H. The van der Waals surface area contributed by atoms with Gasteiger partial charge in [0.05, 0.1) is 16.1 Å². The number of alkyl halides is 3. The highest BCUT2D eigenvalue weighted by molar-refractivity contribution is 7.93. The molecular weight excluding hydrogens is 442 g/mol. The number of aromatic nitrogens is 2. The van der Waals surface area contributed by atoms with Gasteiger partial charge < -0.3 is 0 Å². The summed E-state index contributed by atoms with van der Waals surface area (Å²) in [5, 5.41) is 2.64. The van der Waals surface area contributed by atoms with Crippen LogP contribution in [0.1, 0.15) is 5.56 Å². The highest BCUT2D eigenvalue weighted by atomic mass is 32.2. The molecule has 0 bridgehead atoms. The molecule has 0 aliphatic rings. The summed E-state index contributed by atoms with van der Waals surface area (Å²) in [5.41, 5.74) is -1.79. The van der Waals surface area contributed by atoms with E-state index in [1.54, 1.807) is 18.3 Å². The van der Waals surface area contributed by atoms with Gasteiger partial charge in [-0.05, 0) is 41.8 Å². The molecule has 2 aromatic carbocycles. The van der Waals surface area contributed by atoms with Gasteiger partial charge in [-0.3, -0.25) is 4.98 Å². The molecule has 11 heteroatoms. The number of sulfonamides is 1. The first-order valence-electron chi connectivity index (χ1n) is 8.33. The zero-order valence-corrected chi connectivity index (χ0v) is 16.5. The van der Waals surface area contributed by atoms with E-state index in [0.717, 1.165) is 17.4 Å². The van der Waals surface area contributed by atoms with Gasteiger partial charge in [0, 0.05) is 29.4 Å². The van der Waals surface area contributed by atoms with Crippen molar-refractivity contribution in [1.29, 1.82) is 0 Å². The summed E-state index contributed by atoms with van der Waals surface area (Å²) in [5.74, 6) is -1.34. The molecule has 5 nitrogen and oxygen atoms in total. The second-order valence-corrected chi connectivity index (χ2v) is 8.79. The summed E-state index contributed by atoms with van der Waals surface area (Å²) < 4.78 is 80.8. The van der Waals surface area contributed by atoms with Crippen LogP contribution in [0.2, 0.25) is 0 Å². The van der Waals surface area contributed by atoms with Crippen molar-refractivity contribution >= 4 is 43.0 Å². The van der Waals surface area contributed by atoms with Crippen LogP contribution < -0.4 is 4.31 Å². The third-order valence-electron chi connectivity index (χ3n) is 4.24. The van der Waals surface area contributed by atoms with Crippen LogP contribution in [0.15, 0.2) is 71.3 Å². The molecule has 2 heterocycles. The van der Waals surface area contributed by atoms with E-state index in [1.165, 1.54) is 29.9 Å². The molecule has 0 amide bonds. The highest BCUT2D eigenvalue weighted by Gasteiger charge is 2.35. The maximum atomic E-state index is 14.7. The highest BCUT2D eigenvalue weighted by Crippen LogP contribution is 2.38. The SMILES string of the molecule is O=S(=O)(c1ccc2cnccc2c1)N(c1nccs1)c1ccc(C(F)(F)F)cc1F. The average molecular weight is 453 g/mol. The number of rotatable bonds is 4. The number of thiazole rings is 1. The molecule has 30 heavy (non-hydrogen) atoms. The quantitative estimate of drug-likeness (QED) is 0.390. The molecule has 0 saturated heterocycles. The number of anilines is 2. The van der Waals surface area contributed by atoms with E-state index in [-0.39, 0.29) is 16.1 Å². The second-order valence-electron chi connectivity index (χ2n) is 6.13. The molecule has 0 spiro atoms. The molecule has 0 radical (unpaired) electrons. The number of fused-ring (bicyclic) bond motifs is 1. The molecule has 154 valence electrons. The van der Waals surface area contributed by atoms with Crippen molar-refractivity contribution in [2.45, 2.75) is 11.1 Å². The number of hydrogen-bond acceptors (Lipinski definition) is 5. The first-order chi connectivity index (χ1) is 14.2. The van der Waals surface area contributed by atoms with Gasteiger partial charge in [-0.25, -0.2) is 22.1 Å². The van der Waals surface area contributed by atoms with E-state index in [4.69, 9.17) is 0 Å². The summed E-state index contributed by atoms with van der Waals surface area (Å²) in [7, 11) is -4.40. The molecule has 0 N–H and O–H groups in total. The van der Waals surface area contributed by atoms with Crippen LogP contribution in [0, 0.1) is 5.82 Å². The number of nitrogens with zero attached hydrogens (tertiary/aromatic N) is 3. The van der Waals surface area contributed by atoms with Crippen molar-refractivity contribution in [1.82, 2.24) is 9.97 Å². The maximum Gasteiger partial charge on any atom is 0.416 e. The van der Waals surface area contributed by atoms with E-state index in [9.17, 15) is 26.0 Å². The van der Waals surface area contributed by atoms with Crippen LogP contribution >= 0.6 is 11.3 Å². The first kappa shape index (κ1) is 20.2. The van der Waals surface area contributed by atoms with Gasteiger partial charge in [-0.15, -0.1) is 11.3 Å². The first-order valence-corrected chi connectivity index (χ1v) is 10.7. The average Bonchev–Trinajstić information content (AvgIpc) is 3.22. The Hall–Kier alpha value is -3.05. The number of halogens is 4. The number of pyridine rings is 1. The lowest BCUT2D eigenvalue weighted by molar-refractivity contribution is -0.137. The Morgan fingerprint density at radius 2 is 1.77 bits per heavy atom. The largest absolute Gasteiger partial charge is 0.416 e. The third-order valence-corrected chi connectivity index (χ3v) is 6.81. The van der Waals surface area contributed by atoms with E-state index >= 15 is 0 Å². The van der Waals surface area contributed by atoms with Crippen LogP contribution in [0.25, 0.3) is 10.8 Å². The maximum absolute atomic E-state index is 14.7.